The van der Waals surface area contributed by atoms with Crippen LogP contribution in [0.15, 0.2) is 12.2 Å². The van der Waals surface area contributed by atoms with E-state index in [4.69, 9.17) is 34.2 Å². The summed E-state index contributed by atoms with van der Waals surface area (Å²) in [7, 11) is -17.9. The molecule has 0 saturated heterocycles. The van der Waals surface area contributed by atoms with E-state index in [9.17, 15) is 15.0 Å². The smallest absolute Gasteiger partial charge is 0.417 e. The molecule has 0 aromatic rings. The van der Waals surface area contributed by atoms with E-state index in [-0.39, 0.29) is 32.2 Å². The molecule has 2 atom stereocenters. The van der Waals surface area contributed by atoms with Crippen LogP contribution in [-0.2, 0) is 39.0 Å². The van der Waals surface area contributed by atoms with E-state index in [0.717, 1.165) is 0 Å². The Bertz CT molecular complexity index is 972. The van der Waals surface area contributed by atoms with E-state index in [0.29, 0.717) is 43.7 Å². The van der Waals surface area contributed by atoms with Crippen LogP contribution in [0, 0.1) is 0 Å². The van der Waals surface area contributed by atoms with Crippen molar-refractivity contribution >= 4 is 73.4 Å². The number of carbonyl (C=O) groups is 1. The molecule has 2 N–H and O–H groups in total. The first kappa shape index (κ1) is 54.5. The van der Waals surface area contributed by atoms with Gasteiger partial charge >= 0.3 is 17.6 Å². The van der Waals surface area contributed by atoms with Gasteiger partial charge in [-0.25, -0.2) is 0 Å². The Balaban J connectivity index is 5.36. The second-order valence-electron chi connectivity index (χ2n) is 20.3. The lowest BCUT2D eigenvalue weighted by atomic mass is 10.2. The fraction of sp³-hybridized carbons (Fsp3) is 0.912. The fourth-order valence-corrected chi connectivity index (χ4v) is 34.8. The van der Waals surface area contributed by atoms with Gasteiger partial charge in [-0.1, -0.05) is 6.58 Å². The van der Waals surface area contributed by atoms with Crippen LogP contribution in [0.5, 0.6) is 0 Å². The second kappa shape index (κ2) is 22.2. The van der Waals surface area contributed by atoms with Crippen molar-refractivity contribution in [2.45, 2.75) is 162 Å². The second-order valence-corrected chi connectivity index (χ2v) is 54.3. The summed E-state index contributed by atoms with van der Waals surface area (Å²) in [6.45, 7) is 45.2. The first-order chi connectivity index (χ1) is 24.0. The maximum absolute atomic E-state index is 13.0. The van der Waals surface area contributed by atoms with Gasteiger partial charge in [-0.15, -0.1) is 0 Å². The third-order valence-electron chi connectivity index (χ3n) is 6.45. The summed E-state index contributed by atoms with van der Waals surface area (Å²) in [4.78, 5) is 14.5. The number of hydrogen-bond donors (Lipinski definition) is 2. The first-order valence-electron chi connectivity index (χ1n) is 19.6. The number of aliphatic hydroxyl groups excluding tert-OH is 2. The van der Waals surface area contributed by atoms with Gasteiger partial charge in [-0.3, -0.25) is 4.79 Å². The SMILES string of the molecule is C=C(C)C(=O)N(CC(O)COCCC[Si](O[Si](C)(C)C)(O[Si](C)(C)C)O[Si](C)(C)C)CC(O)COCCC[Si](O[Si](C)(C)C)(O[Si](C)(C)C)O[Si](C)(C)C. The molecule has 0 aromatic heterocycles. The molecule has 0 aliphatic rings. The van der Waals surface area contributed by atoms with E-state index in [1.165, 1.54) is 4.90 Å². The summed E-state index contributed by atoms with van der Waals surface area (Å²) in [5.41, 5.74) is 0.318. The van der Waals surface area contributed by atoms with Gasteiger partial charge in [0.05, 0.1) is 25.4 Å². The van der Waals surface area contributed by atoms with Crippen molar-refractivity contribution in [2.75, 3.05) is 39.5 Å². The zero-order valence-corrected chi connectivity index (χ0v) is 45.9. The van der Waals surface area contributed by atoms with Gasteiger partial charge in [-0.05, 0) is 138 Å². The van der Waals surface area contributed by atoms with Gasteiger partial charge in [0, 0.05) is 44.0 Å². The van der Waals surface area contributed by atoms with Gasteiger partial charge < -0.3 is 49.3 Å². The van der Waals surface area contributed by atoms with Crippen molar-refractivity contribution in [2.24, 2.45) is 0 Å². The Labute approximate surface area is 339 Å². The summed E-state index contributed by atoms with van der Waals surface area (Å²) < 4.78 is 52.3. The average Bonchev–Trinajstić information content (AvgIpc) is 2.85. The summed E-state index contributed by atoms with van der Waals surface area (Å²) in [6, 6.07) is 1.28. The van der Waals surface area contributed by atoms with Gasteiger partial charge in [-0.2, -0.15) is 0 Å². The molecule has 0 aliphatic heterocycles. The highest BCUT2D eigenvalue weighted by atomic mass is 28.5. The molecule has 0 aromatic carbocycles. The number of nitrogens with zero attached hydrogens (tertiary/aromatic N) is 1. The predicted octanol–water partition coefficient (Wildman–Crippen LogP) is 7.91. The van der Waals surface area contributed by atoms with E-state index in [1.54, 1.807) is 6.92 Å². The van der Waals surface area contributed by atoms with Gasteiger partial charge in [0.15, 0.2) is 49.9 Å². The monoisotopic (exact) mass is 905 g/mol. The molecule has 20 heteroatoms. The number of hydrogen-bond acceptors (Lipinski definition) is 11. The van der Waals surface area contributed by atoms with Crippen LogP contribution < -0.4 is 0 Å². The lowest BCUT2D eigenvalue weighted by molar-refractivity contribution is -0.131. The van der Waals surface area contributed by atoms with Crippen LogP contribution in [0.4, 0.5) is 0 Å². The summed E-state index contributed by atoms with van der Waals surface area (Å²) in [5, 5.41) is 21.8. The van der Waals surface area contributed by atoms with Gasteiger partial charge in [0.25, 0.3) is 0 Å². The van der Waals surface area contributed by atoms with Crippen molar-refractivity contribution in [3.05, 3.63) is 12.2 Å². The van der Waals surface area contributed by atoms with E-state index < -0.39 is 79.7 Å². The number of aliphatic hydroxyl groups is 2. The van der Waals surface area contributed by atoms with Crippen LogP contribution in [0.1, 0.15) is 19.8 Å². The van der Waals surface area contributed by atoms with Crippen molar-refractivity contribution < 1.29 is 49.2 Å². The Kier molecular flexibility index (Phi) is 22.5. The highest BCUT2D eigenvalue weighted by molar-refractivity contribution is 6.91. The quantitative estimate of drug-likeness (QED) is 0.0431. The molecule has 0 aliphatic carbocycles. The van der Waals surface area contributed by atoms with Crippen LogP contribution in [0.3, 0.4) is 0 Å². The molecule has 0 radical (unpaired) electrons. The normalized spacial score (nSPS) is 15.4. The minimum Gasteiger partial charge on any atom is -0.417 e. The van der Waals surface area contributed by atoms with Crippen LogP contribution in [0.2, 0.25) is 130 Å². The van der Waals surface area contributed by atoms with E-state index >= 15 is 0 Å². The third-order valence-corrected chi connectivity index (χ3v) is 30.5. The number of ether oxygens (including phenoxy) is 2. The molecule has 0 rings (SSSR count). The van der Waals surface area contributed by atoms with Crippen molar-refractivity contribution in [3.8, 4) is 0 Å². The molecule has 0 saturated carbocycles. The molecule has 0 heterocycles. The van der Waals surface area contributed by atoms with Crippen LogP contribution >= 0.6 is 0 Å². The first-order valence-corrected chi connectivity index (χ1v) is 43.9. The third kappa shape index (κ3) is 28.1. The largest absolute Gasteiger partial charge is 0.469 e. The lowest BCUT2D eigenvalue weighted by Gasteiger charge is -2.43. The minimum absolute atomic E-state index is 0.0120. The molecular weight excluding hydrogens is 823 g/mol. The molecule has 0 fully saturated rings. The molecule has 54 heavy (non-hydrogen) atoms. The Morgan fingerprint density at radius 1 is 0.519 bits per heavy atom. The zero-order chi connectivity index (χ0) is 42.6. The number of rotatable bonds is 29. The van der Waals surface area contributed by atoms with Crippen LogP contribution in [-0.4, -0.2) is 140 Å². The molecule has 0 spiro atoms. The molecule has 0 bridgehead atoms. The molecule has 2 unspecified atom stereocenters. The predicted molar refractivity (Wildman–Crippen MR) is 242 cm³/mol. The Hall–Kier alpha value is 0.545. The number of carbonyl (C=O) groups excluding carboxylic acids is 1. The zero-order valence-electron chi connectivity index (χ0n) is 37.9. The van der Waals surface area contributed by atoms with Gasteiger partial charge in [0.2, 0.25) is 5.91 Å². The Morgan fingerprint density at radius 2 is 0.759 bits per heavy atom. The maximum atomic E-state index is 13.0. The van der Waals surface area contributed by atoms with Gasteiger partial charge in [0.1, 0.15) is 0 Å². The summed E-state index contributed by atoms with van der Waals surface area (Å²) in [5.74, 6) is -0.342. The molecule has 322 valence electrons. The van der Waals surface area contributed by atoms with Crippen LogP contribution in [0.25, 0.3) is 0 Å². The highest BCUT2D eigenvalue weighted by Gasteiger charge is 2.51. The van der Waals surface area contributed by atoms with E-state index in [2.05, 4.69) is 124 Å². The Morgan fingerprint density at radius 3 is 0.963 bits per heavy atom. The molecule has 12 nitrogen and oxygen atoms in total. The summed E-state index contributed by atoms with van der Waals surface area (Å²) in [6.07, 6.45) is -0.600. The summed E-state index contributed by atoms with van der Waals surface area (Å²) >= 11 is 0. The fourth-order valence-electron chi connectivity index (χ4n) is 5.57. The maximum Gasteiger partial charge on any atom is 0.469 e. The highest BCUT2D eigenvalue weighted by Crippen LogP contribution is 2.31. The lowest BCUT2D eigenvalue weighted by Crippen LogP contribution is -2.60. The average molecular weight is 907 g/mol. The molecule has 1 amide bonds. The van der Waals surface area contributed by atoms with Crippen molar-refractivity contribution in [3.63, 3.8) is 0 Å². The molecular formula is C34H83NO11Si8. The van der Waals surface area contributed by atoms with Crippen molar-refractivity contribution in [1.82, 2.24) is 4.90 Å². The van der Waals surface area contributed by atoms with E-state index in [1.807, 2.05) is 0 Å². The standard InChI is InChI=1S/C34H83NO11Si8/c1-31(2)34(38)35(27-32(36)29-39-23-21-25-53(41-47(3,4)5,42-48(6,7)8)43-49(9,10)11)28-33(37)30-40-24-22-26-54(44-50(12,13)14,45-51(15,16)17)46-52(18,19)20/h32-33,36-37H,1,21-30H2,2-20H3. The minimum atomic E-state index is -2.98. The number of amides is 1. The topological polar surface area (TPSA) is 135 Å². The van der Waals surface area contributed by atoms with Crippen molar-refractivity contribution in [1.29, 1.82) is 0 Å².